The topological polar surface area (TPSA) is 26.0 Å². The first kappa shape index (κ1) is 15.3. The molecule has 0 bridgehead atoms. The first-order valence-corrected chi connectivity index (χ1v) is 5.28. The maximum Gasteiger partial charge on any atom is 0.133 e. The van der Waals surface area contributed by atoms with E-state index >= 15 is 0 Å². The molecule has 16 heavy (non-hydrogen) atoms. The van der Waals surface area contributed by atoms with E-state index in [1.165, 1.54) is 12.1 Å². The molecule has 0 saturated carbocycles. The molecule has 0 heterocycles. The summed E-state index contributed by atoms with van der Waals surface area (Å²) in [7, 11) is 0. The van der Waals surface area contributed by atoms with E-state index in [4.69, 9.17) is 5.73 Å². The van der Waals surface area contributed by atoms with Crippen LogP contribution in [0.3, 0.4) is 0 Å². The normalized spacial score (nSPS) is 12.1. The molecule has 0 aliphatic rings. The summed E-state index contributed by atoms with van der Waals surface area (Å²) in [6, 6.07) is 2.17. The molecule has 0 aliphatic heterocycles. The van der Waals surface area contributed by atoms with Crippen molar-refractivity contribution in [2.24, 2.45) is 5.73 Å². The zero-order valence-corrected chi connectivity index (χ0v) is 10.4. The molecule has 0 saturated heterocycles. The van der Waals surface area contributed by atoms with Gasteiger partial charge in [0.15, 0.2) is 0 Å². The lowest BCUT2D eigenvalue weighted by molar-refractivity contribution is 0.499. The molecule has 1 aromatic carbocycles. The minimum atomic E-state index is -0.540. The average molecular weight is 250 g/mol. The molecule has 1 nitrogen and oxygen atoms in total. The van der Waals surface area contributed by atoms with E-state index in [1.54, 1.807) is 6.92 Å². The Morgan fingerprint density at radius 1 is 1.31 bits per heavy atom. The number of nitrogens with two attached hydrogens (primary N) is 1. The van der Waals surface area contributed by atoms with Gasteiger partial charge in [0.05, 0.1) is 0 Å². The van der Waals surface area contributed by atoms with Gasteiger partial charge in [0.1, 0.15) is 11.6 Å². The standard InChI is InChI=1S/C12H17F2N.ClH/c1-3-4-5-10(15)11-9(13)7-6-8(2)12(11)14;/h6-7,10H,3-5,15H2,1-2H3;1H/t10-;/m1./s1. The summed E-state index contributed by atoms with van der Waals surface area (Å²) in [5.74, 6) is -1.04. The van der Waals surface area contributed by atoms with Gasteiger partial charge in [-0.05, 0) is 25.0 Å². The molecule has 1 aromatic rings. The van der Waals surface area contributed by atoms with Gasteiger partial charge >= 0.3 is 0 Å². The van der Waals surface area contributed by atoms with Crippen LogP contribution < -0.4 is 5.73 Å². The van der Waals surface area contributed by atoms with Crippen LogP contribution in [0.5, 0.6) is 0 Å². The second-order valence-electron chi connectivity index (χ2n) is 3.84. The number of benzene rings is 1. The predicted octanol–water partition coefficient (Wildman–Crippen LogP) is 3.89. The van der Waals surface area contributed by atoms with Crippen LogP contribution in [0.4, 0.5) is 8.78 Å². The summed E-state index contributed by atoms with van der Waals surface area (Å²) in [5.41, 5.74) is 6.25. The zero-order valence-electron chi connectivity index (χ0n) is 9.59. The average Bonchev–Trinajstić information content (AvgIpc) is 2.21. The van der Waals surface area contributed by atoms with Crippen molar-refractivity contribution in [1.29, 1.82) is 0 Å². The van der Waals surface area contributed by atoms with Gasteiger partial charge in [-0.25, -0.2) is 8.78 Å². The smallest absolute Gasteiger partial charge is 0.133 e. The quantitative estimate of drug-likeness (QED) is 0.861. The monoisotopic (exact) mass is 249 g/mol. The number of halogens is 3. The molecule has 0 fully saturated rings. The van der Waals surface area contributed by atoms with E-state index in [1.807, 2.05) is 6.92 Å². The Kier molecular flexibility index (Phi) is 6.53. The van der Waals surface area contributed by atoms with Crippen molar-refractivity contribution < 1.29 is 8.78 Å². The SMILES string of the molecule is CCCC[C@@H](N)c1c(F)ccc(C)c1F.Cl. The molecule has 1 rings (SSSR count). The van der Waals surface area contributed by atoms with E-state index in [-0.39, 0.29) is 18.0 Å². The van der Waals surface area contributed by atoms with Gasteiger partial charge in [0, 0.05) is 11.6 Å². The second kappa shape index (κ2) is 6.81. The van der Waals surface area contributed by atoms with Crippen molar-refractivity contribution in [2.75, 3.05) is 0 Å². The van der Waals surface area contributed by atoms with E-state index in [0.717, 1.165) is 12.8 Å². The summed E-state index contributed by atoms with van der Waals surface area (Å²) in [6.07, 6.45) is 2.48. The Morgan fingerprint density at radius 2 is 1.94 bits per heavy atom. The molecular weight excluding hydrogens is 232 g/mol. The van der Waals surface area contributed by atoms with Crippen LogP contribution in [0.2, 0.25) is 0 Å². The van der Waals surface area contributed by atoms with Crippen molar-refractivity contribution in [1.82, 2.24) is 0 Å². The van der Waals surface area contributed by atoms with Crippen molar-refractivity contribution >= 4 is 12.4 Å². The van der Waals surface area contributed by atoms with Crippen molar-refractivity contribution in [3.8, 4) is 0 Å². The Hall–Kier alpha value is -0.670. The van der Waals surface area contributed by atoms with Crippen LogP contribution in [0, 0.1) is 18.6 Å². The first-order valence-electron chi connectivity index (χ1n) is 5.28. The van der Waals surface area contributed by atoms with E-state index < -0.39 is 17.7 Å². The summed E-state index contributed by atoms with van der Waals surface area (Å²) < 4.78 is 27.0. The van der Waals surface area contributed by atoms with Crippen LogP contribution in [0.15, 0.2) is 12.1 Å². The van der Waals surface area contributed by atoms with Crippen LogP contribution >= 0.6 is 12.4 Å². The molecule has 0 aromatic heterocycles. The maximum absolute atomic E-state index is 13.6. The Labute approximate surface area is 101 Å². The molecule has 0 spiro atoms. The highest BCUT2D eigenvalue weighted by atomic mass is 35.5. The van der Waals surface area contributed by atoms with Gasteiger partial charge in [-0.15, -0.1) is 12.4 Å². The van der Waals surface area contributed by atoms with E-state index in [2.05, 4.69) is 0 Å². The molecule has 2 N–H and O–H groups in total. The number of hydrogen-bond acceptors (Lipinski definition) is 1. The lowest BCUT2D eigenvalue weighted by Gasteiger charge is -2.14. The van der Waals surface area contributed by atoms with Crippen LogP contribution in [-0.2, 0) is 0 Å². The lowest BCUT2D eigenvalue weighted by Crippen LogP contribution is -2.14. The molecule has 92 valence electrons. The molecule has 0 radical (unpaired) electrons. The largest absolute Gasteiger partial charge is 0.324 e. The minimum Gasteiger partial charge on any atom is -0.324 e. The number of aryl methyl sites for hydroxylation is 1. The van der Waals surface area contributed by atoms with Gasteiger partial charge in [0.2, 0.25) is 0 Å². The lowest BCUT2D eigenvalue weighted by atomic mass is 9.99. The van der Waals surface area contributed by atoms with Gasteiger partial charge in [-0.1, -0.05) is 25.8 Å². The Morgan fingerprint density at radius 3 is 2.50 bits per heavy atom. The van der Waals surface area contributed by atoms with E-state index in [9.17, 15) is 8.78 Å². The summed E-state index contributed by atoms with van der Waals surface area (Å²) in [5, 5.41) is 0. The highest BCUT2D eigenvalue weighted by molar-refractivity contribution is 5.85. The summed E-state index contributed by atoms with van der Waals surface area (Å²) in [4.78, 5) is 0. The molecular formula is C12H18ClF2N. The number of unbranched alkanes of at least 4 members (excludes halogenated alkanes) is 1. The third-order valence-electron chi connectivity index (χ3n) is 2.56. The summed E-state index contributed by atoms with van der Waals surface area (Å²) >= 11 is 0. The first-order chi connectivity index (χ1) is 7.07. The fourth-order valence-corrected chi connectivity index (χ4v) is 1.59. The highest BCUT2D eigenvalue weighted by Crippen LogP contribution is 2.24. The fourth-order valence-electron chi connectivity index (χ4n) is 1.59. The van der Waals surface area contributed by atoms with Gasteiger partial charge in [-0.3, -0.25) is 0 Å². The summed E-state index contributed by atoms with van der Waals surface area (Å²) in [6.45, 7) is 3.64. The van der Waals surface area contributed by atoms with Gasteiger partial charge in [-0.2, -0.15) is 0 Å². The number of rotatable bonds is 4. The van der Waals surface area contributed by atoms with Gasteiger partial charge in [0.25, 0.3) is 0 Å². The minimum absolute atomic E-state index is 0. The predicted molar refractivity (Wildman–Crippen MR) is 64.8 cm³/mol. The van der Waals surface area contributed by atoms with Crippen molar-refractivity contribution in [3.63, 3.8) is 0 Å². The fraction of sp³-hybridized carbons (Fsp3) is 0.500. The number of hydrogen-bond donors (Lipinski definition) is 1. The zero-order chi connectivity index (χ0) is 11.4. The van der Waals surface area contributed by atoms with Gasteiger partial charge < -0.3 is 5.73 Å². The second-order valence-corrected chi connectivity index (χ2v) is 3.84. The molecule has 0 unspecified atom stereocenters. The third-order valence-corrected chi connectivity index (χ3v) is 2.56. The highest BCUT2D eigenvalue weighted by Gasteiger charge is 2.17. The Balaban J connectivity index is 0.00000225. The van der Waals surface area contributed by atoms with E-state index in [0.29, 0.717) is 12.0 Å². The van der Waals surface area contributed by atoms with Crippen LogP contribution in [0.25, 0.3) is 0 Å². The Bertz CT molecular complexity index is 342. The maximum atomic E-state index is 13.6. The molecule has 0 amide bonds. The third kappa shape index (κ3) is 3.42. The van der Waals surface area contributed by atoms with Crippen molar-refractivity contribution in [2.45, 2.75) is 39.2 Å². The molecule has 1 atom stereocenters. The molecule has 4 heteroatoms. The molecule has 0 aliphatic carbocycles. The van der Waals surface area contributed by atoms with Crippen LogP contribution in [0.1, 0.15) is 43.4 Å². The van der Waals surface area contributed by atoms with Crippen molar-refractivity contribution in [3.05, 3.63) is 34.9 Å². The van der Waals surface area contributed by atoms with Crippen LogP contribution in [-0.4, -0.2) is 0 Å².